The number of aryl methyl sites for hydroxylation is 1. The second kappa shape index (κ2) is 8.84. The Morgan fingerprint density at radius 1 is 1.33 bits per heavy atom. The molecule has 0 radical (unpaired) electrons. The lowest BCUT2D eigenvalue weighted by Crippen LogP contribution is -2.24. The standard InChI is InChI=1S/C19H23BrN2O3S2/c1-13-10-14(6-7-17(13)20)11-15-12-21-19(26-15)22-18(23)8-9-27(24,25)16-4-2-3-5-16/h6-7,10,12,16H,2-5,8-9,11H2,1H3,(H,21,22,23). The van der Waals surface area contributed by atoms with Gasteiger partial charge in [-0.25, -0.2) is 13.4 Å². The van der Waals surface area contributed by atoms with Crippen LogP contribution < -0.4 is 5.32 Å². The Labute approximate surface area is 172 Å². The second-order valence-corrected chi connectivity index (χ2v) is 11.3. The Kier molecular flexibility index (Phi) is 6.70. The number of halogens is 1. The van der Waals surface area contributed by atoms with Gasteiger partial charge in [0.15, 0.2) is 15.0 Å². The number of nitrogens with one attached hydrogen (secondary N) is 1. The van der Waals surface area contributed by atoms with Gasteiger partial charge >= 0.3 is 0 Å². The van der Waals surface area contributed by atoms with Crippen molar-refractivity contribution in [2.75, 3.05) is 11.1 Å². The summed E-state index contributed by atoms with van der Waals surface area (Å²) in [5.74, 6) is -0.378. The zero-order chi connectivity index (χ0) is 19.4. The summed E-state index contributed by atoms with van der Waals surface area (Å²) < 4.78 is 25.6. The zero-order valence-electron chi connectivity index (χ0n) is 15.2. The fourth-order valence-electron chi connectivity index (χ4n) is 3.30. The summed E-state index contributed by atoms with van der Waals surface area (Å²) in [5.41, 5.74) is 2.36. The minimum absolute atomic E-state index is 0.0142. The Hall–Kier alpha value is -1.25. The molecule has 146 valence electrons. The SMILES string of the molecule is Cc1cc(Cc2cnc(NC(=O)CCS(=O)(=O)C3CCCC3)s2)ccc1Br. The summed E-state index contributed by atoms with van der Waals surface area (Å²) in [4.78, 5) is 17.4. The molecule has 0 spiro atoms. The number of carbonyl (C=O) groups excluding carboxylic acids is 1. The monoisotopic (exact) mass is 470 g/mol. The van der Waals surface area contributed by atoms with E-state index in [1.54, 1.807) is 6.20 Å². The van der Waals surface area contributed by atoms with Crippen LogP contribution in [0.1, 0.15) is 48.1 Å². The molecule has 2 aromatic rings. The molecule has 1 N–H and O–H groups in total. The number of aromatic nitrogens is 1. The highest BCUT2D eigenvalue weighted by atomic mass is 79.9. The van der Waals surface area contributed by atoms with E-state index in [1.165, 1.54) is 22.5 Å². The molecule has 1 heterocycles. The first-order valence-corrected chi connectivity index (χ1v) is 12.4. The summed E-state index contributed by atoms with van der Waals surface area (Å²) >= 11 is 4.92. The summed E-state index contributed by atoms with van der Waals surface area (Å²) in [6, 6.07) is 6.21. The molecule has 3 rings (SSSR count). The van der Waals surface area contributed by atoms with Gasteiger partial charge in [0.05, 0.1) is 11.0 Å². The Bertz CT molecular complexity index is 919. The maximum absolute atomic E-state index is 12.3. The van der Waals surface area contributed by atoms with Crippen molar-refractivity contribution >= 4 is 48.1 Å². The molecule has 1 aromatic carbocycles. The van der Waals surface area contributed by atoms with E-state index in [2.05, 4.69) is 38.4 Å². The molecule has 0 unspecified atom stereocenters. The molecule has 0 saturated heterocycles. The molecule has 1 amide bonds. The van der Waals surface area contributed by atoms with E-state index in [-0.39, 0.29) is 23.3 Å². The highest BCUT2D eigenvalue weighted by Gasteiger charge is 2.28. The molecule has 27 heavy (non-hydrogen) atoms. The van der Waals surface area contributed by atoms with Crippen LogP contribution in [0.25, 0.3) is 0 Å². The van der Waals surface area contributed by atoms with Crippen LogP contribution in [-0.2, 0) is 21.1 Å². The minimum atomic E-state index is -3.17. The number of hydrogen-bond acceptors (Lipinski definition) is 5. The Morgan fingerprint density at radius 3 is 2.78 bits per heavy atom. The maximum atomic E-state index is 12.3. The van der Waals surface area contributed by atoms with Gasteiger partial charge in [-0.05, 0) is 37.0 Å². The largest absolute Gasteiger partial charge is 0.302 e. The van der Waals surface area contributed by atoms with Crippen molar-refractivity contribution in [3.8, 4) is 0 Å². The van der Waals surface area contributed by atoms with Crippen LogP contribution in [0.5, 0.6) is 0 Å². The van der Waals surface area contributed by atoms with E-state index < -0.39 is 9.84 Å². The first-order chi connectivity index (χ1) is 12.8. The van der Waals surface area contributed by atoms with Gasteiger partial charge in [0.1, 0.15) is 0 Å². The average Bonchev–Trinajstić information content (AvgIpc) is 3.29. The molecule has 8 heteroatoms. The average molecular weight is 471 g/mol. The van der Waals surface area contributed by atoms with Crippen molar-refractivity contribution in [1.82, 2.24) is 4.98 Å². The van der Waals surface area contributed by atoms with Crippen molar-refractivity contribution in [2.45, 2.75) is 50.7 Å². The summed E-state index contributed by atoms with van der Waals surface area (Å²) in [7, 11) is -3.17. The van der Waals surface area contributed by atoms with E-state index in [9.17, 15) is 13.2 Å². The molecule has 1 aliphatic carbocycles. The normalized spacial score (nSPS) is 15.2. The molecular weight excluding hydrogens is 448 g/mol. The number of benzene rings is 1. The van der Waals surface area contributed by atoms with Gasteiger partial charge < -0.3 is 5.32 Å². The van der Waals surface area contributed by atoms with E-state index in [0.29, 0.717) is 5.13 Å². The number of carbonyl (C=O) groups is 1. The number of sulfone groups is 1. The molecule has 1 aromatic heterocycles. The third-order valence-electron chi connectivity index (χ3n) is 4.82. The second-order valence-electron chi connectivity index (χ2n) is 6.96. The maximum Gasteiger partial charge on any atom is 0.227 e. The van der Waals surface area contributed by atoms with Crippen LogP contribution in [0.3, 0.4) is 0 Å². The fourth-order valence-corrected chi connectivity index (χ4v) is 6.26. The fraction of sp³-hybridized carbons (Fsp3) is 0.474. The lowest BCUT2D eigenvalue weighted by atomic mass is 10.1. The third kappa shape index (κ3) is 5.62. The molecule has 1 aliphatic rings. The Balaban J connectivity index is 1.52. The lowest BCUT2D eigenvalue weighted by Gasteiger charge is -2.10. The zero-order valence-corrected chi connectivity index (χ0v) is 18.4. The van der Waals surface area contributed by atoms with E-state index in [1.807, 2.05) is 13.0 Å². The van der Waals surface area contributed by atoms with Crippen LogP contribution in [-0.4, -0.2) is 30.3 Å². The van der Waals surface area contributed by atoms with Crippen LogP contribution in [0.15, 0.2) is 28.9 Å². The van der Waals surface area contributed by atoms with Crippen LogP contribution in [0.4, 0.5) is 5.13 Å². The highest BCUT2D eigenvalue weighted by molar-refractivity contribution is 9.10. The molecule has 0 atom stereocenters. The number of hydrogen-bond donors (Lipinski definition) is 1. The number of thiazole rings is 1. The van der Waals surface area contributed by atoms with Crippen LogP contribution in [0, 0.1) is 6.92 Å². The summed E-state index contributed by atoms with van der Waals surface area (Å²) in [5, 5.41) is 2.99. The van der Waals surface area contributed by atoms with Gasteiger partial charge in [0, 0.05) is 28.4 Å². The molecule has 1 fully saturated rings. The summed E-state index contributed by atoms with van der Waals surface area (Å²) in [6.45, 7) is 2.05. The van der Waals surface area contributed by atoms with Gasteiger partial charge in [-0.15, -0.1) is 11.3 Å². The lowest BCUT2D eigenvalue weighted by molar-refractivity contribution is -0.115. The highest BCUT2D eigenvalue weighted by Crippen LogP contribution is 2.26. The molecule has 0 aliphatic heterocycles. The number of rotatable bonds is 7. The molecule has 1 saturated carbocycles. The van der Waals surface area contributed by atoms with Gasteiger partial charge in [-0.2, -0.15) is 0 Å². The van der Waals surface area contributed by atoms with E-state index >= 15 is 0 Å². The van der Waals surface area contributed by atoms with Gasteiger partial charge in [-0.3, -0.25) is 4.79 Å². The Morgan fingerprint density at radius 2 is 2.07 bits per heavy atom. The summed E-state index contributed by atoms with van der Waals surface area (Å²) in [6.07, 6.45) is 5.89. The minimum Gasteiger partial charge on any atom is -0.302 e. The van der Waals surface area contributed by atoms with Crippen molar-refractivity contribution in [1.29, 1.82) is 0 Å². The van der Waals surface area contributed by atoms with Gasteiger partial charge in [0.25, 0.3) is 0 Å². The van der Waals surface area contributed by atoms with Crippen molar-refractivity contribution < 1.29 is 13.2 Å². The molecule has 0 bridgehead atoms. The smallest absolute Gasteiger partial charge is 0.227 e. The number of anilines is 1. The first kappa shape index (κ1) is 20.5. The van der Waals surface area contributed by atoms with Gasteiger partial charge in [-0.1, -0.05) is 40.9 Å². The van der Waals surface area contributed by atoms with Crippen molar-refractivity contribution in [3.05, 3.63) is 44.9 Å². The van der Waals surface area contributed by atoms with Crippen molar-refractivity contribution in [2.24, 2.45) is 0 Å². The first-order valence-electron chi connectivity index (χ1n) is 9.04. The van der Waals surface area contributed by atoms with E-state index in [0.717, 1.165) is 41.5 Å². The van der Waals surface area contributed by atoms with Crippen molar-refractivity contribution in [3.63, 3.8) is 0 Å². The quantitative estimate of drug-likeness (QED) is 0.646. The predicted octanol–water partition coefficient (Wildman–Crippen LogP) is 4.49. The number of nitrogens with zero attached hydrogens (tertiary/aromatic N) is 1. The van der Waals surface area contributed by atoms with Crippen LogP contribution in [0.2, 0.25) is 0 Å². The third-order valence-corrected chi connectivity index (χ3v) is 8.89. The molecular formula is C19H23BrN2O3S2. The van der Waals surface area contributed by atoms with Gasteiger partial charge in [0.2, 0.25) is 5.91 Å². The number of amides is 1. The predicted molar refractivity (Wildman–Crippen MR) is 113 cm³/mol. The topological polar surface area (TPSA) is 76.1 Å². The van der Waals surface area contributed by atoms with E-state index in [4.69, 9.17) is 0 Å². The molecule has 5 nitrogen and oxygen atoms in total. The van der Waals surface area contributed by atoms with Crippen LogP contribution >= 0.6 is 27.3 Å².